The van der Waals surface area contributed by atoms with E-state index in [4.69, 9.17) is 0 Å². The van der Waals surface area contributed by atoms with Crippen molar-refractivity contribution in [2.75, 3.05) is 19.6 Å². The number of H-pyrrole nitrogens is 1. The second-order valence-electron chi connectivity index (χ2n) is 5.61. The Kier molecular flexibility index (Phi) is 4.06. The van der Waals surface area contributed by atoms with Gasteiger partial charge in [0.25, 0.3) is 5.91 Å². The third kappa shape index (κ3) is 2.94. The van der Waals surface area contributed by atoms with E-state index in [1.807, 2.05) is 4.90 Å². The van der Waals surface area contributed by atoms with Crippen LogP contribution < -0.4 is 5.32 Å². The first-order chi connectivity index (χ1) is 10.6. The molecular weight excluding hydrogens is 278 g/mol. The van der Waals surface area contributed by atoms with Crippen molar-refractivity contribution in [3.63, 3.8) is 0 Å². The highest BCUT2D eigenvalue weighted by atomic mass is 16.2. The van der Waals surface area contributed by atoms with Gasteiger partial charge in [0.2, 0.25) is 0 Å². The minimum absolute atomic E-state index is 0.0222. The summed E-state index contributed by atoms with van der Waals surface area (Å²) in [6.07, 6.45) is 3.39. The molecule has 5 nitrogen and oxygen atoms in total. The first-order valence-corrected chi connectivity index (χ1v) is 7.45. The van der Waals surface area contributed by atoms with Gasteiger partial charge in [0.1, 0.15) is 0 Å². The van der Waals surface area contributed by atoms with Gasteiger partial charge in [-0.25, -0.2) is 0 Å². The number of benzene rings is 1. The van der Waals surface area contributed by atoms with Gasteiger partial charge >= 0.3 is 0 Å². The van der Waals surface area contributed by atoms with Gasteiger partial charge in [0, 0.05) is 54.8 Å². The quantitative estimate of drug-likeness (QED) is 0.847. The Morgan fingerprint density at radius 1 is 1.09 bits per heavy atom. The molecule has 1 atom stereocenters. The smallest absolute Gasteiger partial charge is 0.253 e. The first kappa shape index (κ1) is 14.5. The van der Waals surface area contributed by atoms with Crippen LogP contribution in [0.5, 0.6) is 0 Å². The van der Waals surface area contributed by atoms with Gasteiger partial charge in [-0.3, -0.25) is 9.59 Å². The Morgan fingerprint density at radius 2 is 1.82 bits per heavy atom. The van der Waals surface area contributed by atoms with Crippen molar-refractivity contribution in [2.45, 2.75) is 13.0 Å². The zero-order valence-electron chi connectivity index (χ0n) is 12.5. The average molecular weight is 297 g/mol. The van der Waals surface area contributed by atoms with E-state index in [2.05, 4.69) is 17.2 Å². The maximum absolute atomic E-state index is 12.5. The lowest BCUT2D eigenvalue weighted by Gasteiger charge is -2.32. The van der Waals surface area contributed by atoms with Gasteiger partial charge in [-0.2, -0.15) is 0 Å². The van der Waals surface area contributed by atoms with Gasteiger partial charge in [-0.15, -0.1) is 0 Å². The van der Waals surface area contributed by atoms with Gasteiger partial charge in [-0.05, 0) is 25.1 Å². The fourth-order valence-electron chi connectivity index (χ4n) is 2.70. The lowest BCUT2D eigenvalue weighted by molar-refractivity contribution is 0.0709. The van der Waals surface area contributed by atoms with E-state index in [9.17, 15) is 9.59 Å². The maximum atomic E-state index is 12.5. The van der Waals surface area contributed by atoms with Gasteiger partial charge in [-0.1, -0.05) is 12.1 Å². The van der Waals surface area contributed by atoms with Crippen LogP contribution in [0.3, 0.4) is 0 Å². The van der Waals surface area contributed by atoms with Crippen LogP contribution in [0.1, 0.15) is 33.2 Å². The van der Waals surface area contributed by atoms with Crippen molar-refractivity contribution in [1.29, 1.82) is 0 Å². The SMILES string of the molecule is C[C@H]1CN(C(=O)c2ccc(C(=O)c3cc[nH]c3)cc2)CCN1. The third-order valence-electron chi connectivity index (χ3n) is 3.91. The Labute approximate surface area is 129 Å². The maximum Gasteiger partial charge on any atom is 0.253 e. The Hall–Kier alpha value is -2.40. The second kappa shape index (κ2) is 6.15. The van der Waals surface area contributed by atoms with E-state index < -0.39 is 0 Å². The van der Waals surface area contributed by atoms with Crippen molar-refractivity contribution >= 4 is 11.7 Å². The number of ketones is 1. The molecule has 1 aliphatic rings. The highest BCUT2D eigenvalue weighted by molar-refractivity contribution is 6.09. The topological polar surface area (TPSA) is 65.2 Å². The molecule has 1 aromatic heterocycles. The van der Waals surface area contributed by atoms with E-state index in [0.29, 0.717) is 35.8 Å². The number of amides is 1. The van der Waals surface area contributed by atoms with E-state index in [1.165, 1.54) is 0 Å². The summed E-state index contributed by atoms with van der Waals surface area (Å²) >= 11 is 0. The molecule has 1 aromatic carbocycles. The van der Waals surface area contributed by atoms with Crippen molar-refractivity contribution in [2.24, 2.45) is 0 Å². The van der Waals surface area contributed by atoms with Crippen molar-refractivity contribution in [3.05, 3.63) is 59.4 Å². The van der Waals surface area contributed by atoms with Crippen LogP contribution in [-0.4, -0.2) is 47.3 Å². The number of piperazine rings is 1. The molecule has 0 spiro atoms. The minimum Gasteiger partial charge on any atom is -0.367 e. The normalized spacial score (nSPS) is 18.2. The van der Waals surface area contributed by atoms with Crippen LogP contribution in [0, 0.1) is 0 Å². The molecule has 0 radical (unpaired) electrons. The van der Waals surface area contributed by atoms with Crippen LogP contribution >= 0.6 is 0 Å². The molecule has 3 rings (SSSR count). The number of hydrogen-bond acceptors (Lipinski definition) is 3. The number of carbonyl (C=O) groups excluding carboxylic acids is 2. The minimum atomic E-state index is -0.0453. The molecule has 0 unspecified atom stereocenters. The molecule has 2 N–H and O–H groups in total. The standard InChI is InChI=1S/C17H19N3O2/c1-12-11-20(9-8-19-12)17(22)14-4-2-13(3-5-14)16(21)15-6-7-18-10-15/h2-7,10,12,18-19H,8-9,11H2,1H3/t12-/m0/s1. The van der Waals surface area contributed by atoms with Crippen molar-refractivity contribution in [3.8, 4) is 0 Å². The molecule has 5 heteroatoms. The molecule has 0 aliphatic carbocycles. The van der Waals surface area contributed by atoms with Crippen LogP contribution in [0.2, 0.25) is 0 Å². The highest BCUT2D eigenvalue weighted by Crippen LogP contribution is 2.13. The molecule has 2 aromatic rings. The number of aromatic nitrogens is 1. The molecule has 1 saturated heterocycles. The van der Waals surface area contributed by atoms with Gasteiger partial charge < -0.3 is 15.2 Å². The van der Waals surface area contributed by atoms with Gasteiger partial charge in [0.05, 0.1) is 0 Å². The summed E-state index contributed by atoms with van der Waals surface area (Å²) in [7, 11) is 0. The van der Waals surface area contributed by atoms with E-state index in [-0.39, 0.29) is 11.7 Å². The summed E-state index contributed by atoms with van der Waals surface area (Å²) in [5.74, 6) is -0.0231. The summed E-state index contributed by atoms with van der Waals surface area (Å²) in [4.78, 5) is 29.4. The summed E-state index contributed by atoms with van der Waals surface area (Å²) in [5, 5.41) is 3.32. The molecular formula is C17H19N3O2. The molecule has 1 fully saturated rings. The fourth-order valence-corrected chi connectivity index (χ4v) is 2.70. The highest BCUT2D eigenvalue weighted by Gasteiger charge is 2.21. The molecule has 22 heavy (non-hydrogen) atoms. The number of rotatable bonds is 3. The summed E-state index contributed by atoms with van der Waals surface area (Å²) < 4.78 is 0. The summed E-state index contributed by atoms with van der Waals surface area (Å²) in [6.45, 7) is 4.31. The zero-order valence-corrected chi connectivity index (χ0v) is 12.5. The van der Waals surface area contributed by atoms with Crippen molar-refractivity contribution in [1.82, 2.24) is 15.2 Å². The van der Waals surface area contributed by atoms with Crippen LogP contribution in [0.4, 0.5) is 0 Å². The molecule has 0 saturated carbocycles. The monoisotopic (exact) mass is 297 g/mol. The molecule has 1 aliphatic heterocycles. The Morgan fingerprint density at radius 3 is 2.45 bits per heavy atom. The molecule has 0 bridgehead atoms. The number of nitrogens with one attached hydrogen (secondary N) is 2. The van der Waals surface area contributed by atoms with E-state index in [0.717, 1.165) is 6.54 Å². The lowest BCUT2D eigenvalue weighted by Crippen LogP contribution is -2.51. The Balaban J connectivity index is 1.74. The lowest BCUT2D eigenvalue weighted by atomic mass is 10.0. The largest absolute Gasteiger partial charge is 0.367 e. The zero-order chi connectivity index (χ0) is 15.5. The third-order valence-corrected chi connectivity index (χ3v) is 3.91. The van der Waals surface area contributed by atoms with Crippen LogP contribution in [0.15, 0.2) is 42.7 Å². The molecule has 114 valence electrons. The fraction of sp³-hybridized carbons (Fsp3) is 0.294. The van der Waals surface area contributed by atoms with Crippen LogP contribution in [0.25, 0.3) is 0 Å². The second-order valence-corrected chi connectivity index (χ2v) is 5.61. The van der Waals surface area contributed by atoms with Gasteiger partial charge in [0.15, 0.2) is 5.78 Å². The number of nitrogens with zero attached hydrogens (tertiary/aromatic N) is 1. The van der Waals surface area contributed by atoms with Crippen molar-refractivity contribution < 1.29 is 9.59 Å². The molecule has 1 amide bonds. The predicted molar refractivity (Wildman–Crippen MR) is 84.0 cm³/mol. The average Bonchev–Trinajstić information content (AvgIpc) is 3.08. The van der Waals surface area contributed by atoms with E-state index >= 15 is 0 Å². The number of aromatic amines is 1. The Bertz CT molecular complexity index is 662. The number of carbonyl (C=O) groups is 2. The summed E-state index contributed by atoms with van der Waals surface area (Å²) in [5.41, 5.74) is 1.83. The van der Waals surface area contributed by atoms with E-state index in [1.54, 1.807) is 42.7 Å². The van der Waals surface area contributed by atoms with Crippen LogP contribution in [-0.2, 0) is 0 Å². The summed E-state index contributed by atoms with van der Waals surface area (Å²) in [6, 6.07) is 8.95. The molecule has 2 heterocycles. The predicted octanol–water partition coefficient (Wildman–Crippen LogP) is 1.68. The number of hydrogen-bond donors (Lipinski definition) is 2. The first-order valence-electron chi connectivity index (χ1n) is 7.45.